The first-order valence-electron chi connectivity index (χ1n) is 4.82. The zero-order chi connectivity index (χ0) is 10.6. The molecular weight excluding hydrogens is 179 g/mol. The van der Waals surface area contributed by atoms with Crippen molar-refractivity contribution in [3.8, 4) is 0 Å². The number of nitrogens with one attached hydrogen (secondary N) is 1. The molecule has 1 rings (SSSR count). The summed E-state index contributed by atoms with van der Waals surface area (Å²) in [5, 5.41) is 3.20. The fourth-order valence-corrected chi connectivity index (χ4v) is 1.12. The van der Waals surface area contributed by atoms with Crippen molar-refractivity contribution in [1.82, 2.24) is 5.32 Å². The normalized spacial score (nSPS) is 12.9. The molecule has 0 spiro atoms. The predicted molar refractivity (Wildman–Crippen MR) is 56.5 cm³/mol. The van der Waals surface area contributed by atoms with Crippen LogP contribution in [0.5, 0.6) is 0 Å². The van der Waals surface area contributed by atoms with Gasteiger partial charge in [-0.2, -0.15) is 0 Å². The number of halogens is 1. The second-order valence-electron chi connectivity index (χ2n) is 3.60. The van der Waals surface area contributed by atoms with Crippen LogP contribution in [0.4, 0.5) is 4.39 Å². The molecule has 0 aliphatic rings. The van der Waals surface area contributed by atoms with Crippen molar-refractivity contribution < 1.29 is 4.39 Å². The van der Waals surface area contributed by atoms with Gasteiger partial charge in [-0.15, -0.1) is 0 Å². The summed E-state index contributed by atoms with van der Waals surface area (Å²) < 4.78 is 13.1. The first-order chi connectivity index (χ1) is 6.63. The molecule has 0 aliphatic heterocycles. The molecule has 0 aliphatic carbocycles. The van der Waals surface area contributed by atoms with E-state index in [2.05, 4.69) is 5.32 Å². The molecule has 0 heterocycles. The first kappa shape index (κ1) is 11.1. The maximum atomic E-state index is 13.1. The highest BCUT2D eigenvalue weighted by Crippen LogP contribution is 2.08. The van der Waals surface area contributed by atoms with E-state index < -0.39 is 0 Å². The smallest absolute Gasteiger partial charge is 0.126 e. The lowest BCUT2D eigenvalue weighted by Gasteiger charge is -2.11. The van der Waals surface area contributed by atoms with Crippen LogP contribution in [-0.2, 0) is 6.54 Å². The fourth-order valence-electron chi connectivity index (χ4n) is 1.12. The lowest BCUT2D eigenvalue weighted by Crippen LogP contribution is -2.32. The molecule has 1 atom stereocenters. The van der Waals surface area contributed by atoms with Crippen LogP contribution >= 0.6 is 0 Å². The molecule has 1 aromatic rings. The van der Waals surface area contributed by atoms with Gasteiger partial charge in [0.1, 0.15) is 5.82 Å². The van der Waals surface area contributed by atoms with Crippen molar-refractivity contribution in [1.29, 1.82) is 0 Å². The zero-order valence-corrected chi connectivity index (χ0v) is 8.68. The molecule has 1 aromatic carbocycles. The zero-order valence-electron chi connectivity index (χ0n) is 8.68. The Morgan fingerprint density at radius 2 is 2.21 bits per heavy atom. The average molecular weight is 196 g/mol. The minimum Gasteiger partial charge on any atom is -0.329 e. The van der Waals surface area contributed by atoms with Crippen LogP contribution < -0.4 is 11.1 Å². The van der Waals surface area contributed by atoms with E-state index in [0.29, 0.717) is 18.7 Å². The van der Waals surface area contributed by atoms with Crippen LogP contribution in [0.3, 0.4) is 0 Å². The molecule has 0 saturated heterocycles. The Labute approximate surface area is 84.3 Å². The van der Waals surface area contributed by atoms with E-state index in [-0.39, 0.29) is 11.9 Å². The summed E-state index contributed by atoms with van der Waals surface area (Å²) in [5.74, 6) is -0.148. The summed E-state index contributed by atoms with van der Waals surface area (Å²) in [7, 11) is 0. The third-order valence-corrected chi connectivity index (χ3v) is 2.24. The maximum absolute atomic E-state index is 13.1. The topological polar surface area (TPSA) is 38.0 Å². The summed E-state index contributed by atoms with van der Waals surface area (Å²) in [5.41, 5.74) is 7.09. The lowest BCUT2D eigenvalue weighted by atomic mass is 10.1. The van der Waals surface area contributed by atoms with Gasteiger partial charge in [-0.25, -0.2) is 4.39 Å². The molecule has 0 aromatic heterocycles. The summed E-state index contributed by atoms with van der Waals surface area (Å²) in [6.45, 7) is 5.02. The number of benzene rings is 1. The molecule has 0 unspecified atom stereocenters. The van der Waals surface area contributed by atoms with Gasteiger partial charge in [0.25, 0.3) is 0 Å². The van der Waals surface area contributed by atoms with Crippen molar-refractivity contribution >= 4 is 0 Å². The van der Waals surface area contributed by atoms with E-state index in [9.17, 15) is 4.39 Å². The van der Waals surface area contributed by atoms with E-state index in [4.69, 9.17) is 5.73 Å². The van der Waals surface area contributed by atoms with E-state index in [0.717, 1.165) is 5.56 Å². The predicted octanol–water partition coefficient (Wildman–Crippen LogP) is 1.57. The third-order valence-electron chi connectivity index (χ3n) is 2.24. The van der Waals surface area contributed by atoms with Gasteiger partial charge < -0.3 is 11.1 Å². The standard InChI is InChI=1S/C11H17FN2/c1-8-3-4-10(5-11(8)12)7-14-9(2)6-13/h3-5,9,14H,6-7,13H2,1-2H3/t9-/m1/s1. The monoisotopic (exact) mass is 196 g/mol. The Balaban J connectivity index is 2.55. The minimum atomic E-state index is -0.148. The molecule has 78 valence electrons. The van der Waals surface area contributed by atoms with Crippen LogP contribution in [0.1, 0.15) is 18.1 Å². The van der Waals surface area contributed by atoms with E-state index in [1.54, 1.807) is 19.1 Å². The van der Waals surface area contributed by atoms with Gasteiger partial charge in [0, 0.05) is 19.1 Å². The quantitative estimate of drug-likeness (QED) is 0.767. The second kappa shape index (κ2) is 5.08. The van der Waals surface area contributed by atoms with Crippen molar-refractivity contribution in [2.45, 2.75) is 26.4 Å². The van der Waals surface area contributed by atoms with E-state index in [1.165, 1.54) is 0 Å². The molecule has 0 saturated carbocycles. The number of rotatable bonds is 4. The fraction of sp³-hybridized carbons (Fsp3) is 0.455. The minimum absolute atomic E-state index is 0.148. The maximum Gasteiger partial charge on any atom is 0.126 e. The van der Waals surface area contributed by atoms with Crippen LogP contribution in [0, 0.1) is 12.7 Å². The highest BCUT2D eigenvalue weighted by atomic mass is 19.1. The van der Waals surface area contributed by atoms with Crippen molar-refractivity contribution in [2.24, 2.45) is 5.73 Å². The van der Waals surface area contributed by atoms with Crippen LogP contribution in [0.2, 0.25) is 0 Å². The Kier molecular flexibility index (Phi) is 4.04. The van der Waals surface area contributed by atoms with Crippen LogP contribution in [-0.4, -0.2) is 12.6 Å². The van der Waals surface area contributed by atoms with Gasteiger partial charge in [0.05, 0.1) is 0 Å². The largest absolute Gasteiger partial charge is 0.329 e. The molecular formula is C11H17FN2. The summed E-state index contributed by atoms with van der Waals surface area (Å²) >= 11 is 0. The Bertz CT molecular complexity index is 299. The van der Waals surface area contributed by atoms with Crippen LogP contribution in [0.15, 0.2) is 18.2 Å². The Morgan fingerprint density at radius 1 is 1.50 bits per heavy atom. The van der Waals surface area contributed by atoms with Gasteiger partial charge >= 0.3 is 0 Å². The SMILES string of the molecule is Cc1ccc(CN[C@H](C)CN)cc1F. The average Bonchev–Trinajstić information content (AvgIpc) is 2.19. The molecule has 0 radical (unpaired) electrons. The number of hydrogen-bond acceptors (Lipinski definition) is 2. The third kappa shape index (κ3) is 3.09. The van der Waals surface area contributed by atoms with Crippen LogP contribution in [0.25, 0.3) is 0 Å². The van der Waals surface area contributed by atoms with Gasteiger partial charge in [-0.1, -0.05) is 12.1 Å². The van der Waals surface area contributed by atoms with E-state index >= 15 is 0 Å². The van der Waals surface area contributed by atoms with Gasteiger partial charge in [0.2, 0.25) is 0 Å². The molecule has 3 N–H and O–H groups in total. The molecule has 2 nitrogen and oxygen atoms in total. The first-order valence-corrected chi connectivity index (χ1v) is 4.82. The van der Waals surface area contributed by atoms with Crippen molar-refractivity contribution in [2.75, 3.05) is 6.54 Å². The molecule has 0 bridgehead atoms. The van der Waals surface area contributed by atoms with Gasteiger partial charge in [-0.3, -0.25) is 0 Å². The lowest BCUT2D eigenvalue weighted by molar-refractivity contribution is 0.552. The van der Waals surface area contributed by atoms with Crippen molar-refractivity contribution in [3.63, 3.8) is 0 Å². The second-order valence-corrected chi connectivity index (χ2v) is 3.60. The highest BCUT2D eigenvalue weighted by molar-refractivity contribution is 5.23. The summed E-state index contributed by atoms with van der Waals surface area (Å²) in [4.78, 5) is 0. The van der Waals surface area contributed by atoms with Crippen molar-refractivity contribution in [3.05, 3.63) is 35.1 Å². The summed E-state index contributed by atoms with van der Waals surface area (Å²) in [6, 6.07) is 5.54. The Morgan fingerprint density at radius 3 is 2.79 bits per heavy atom. The number of nitrogens with two attached hydrogens (primary N) is 1. The molecule has 14 heavy (non-hydrogen) atoms. The molecule has 0 amide bonds. The number of hydrogen-bond donors (Lipinski definition) is 2. The van der Waals surface area contributed by atoms with Gasteiger partial charge in [-0.05, 0) is 31.0 Å². The number of aryl methyl sites for hydroxylation is 1. The Hall–Kier alpha value is -0.930. The highest BCUT2D eigenvalue weighted by Gasteiger charge is 2.01. The molecule has 3 heteroatoms. The van der Waals surface area contributed by atoms with Gasteiger partial charge in [0.15, 0.2) is 0 Å². The van der Waals surface area contributed by atoms with E-state index in [1.807, 2.05) is 13.0 Å². The molecule has 0 fully saturated rings. The summed E-state index contributed by atoms with van der Waals surface area (Å²) in [6.07, 6.45) is 0.